The van der Waals surface area contributed by atoms with Crippen molar-refractivity contribution in [2.24, 2.45) is 0 Å². The van der Waals surface area contributed by atoms with Crippen molar-refractivity contribution in [1.29, 1.82) is 0 Å². The van der Waals surface area contributed by atoms with Crippen molar-refractivity contribution in [1.82, 2.24) is 0 Å². The van der Waals surface area contributed by atoms with E-state index >= 15 is 0 Å². The molecule has 0 radical (unpaired) electrons. The second-order valence-corrected chi connectivity index (χ2v) is 3.47. The molecule has 0 atom stereocenters. The maximum Gasteiger partial charge on any atom is 0.344 e. The summed E-state index contributed by atoms with van der Waals surface area (Å²) in [5.74, 6) is -0.706. The first-order chi connectivity index (χ1) is 8.13. The van der Waals surface area contributed by atoms with Crippen molar-refractivity contribution in [2.45, 2.75) is 0 Å². The number of nitro groups is 1. The Kier molecular flexibility index (Phi) is 2.74. The van der Waals surface area contributed by atoms with Gasteiger partial charge in [0.25, 0.3) is 5.69 Å². The molecule has 0 saturated carbocycles. The van der Waals surface area contributed by atoms with E-state index < -0.39 is 10.9 Å². The Morgan fingerprint density at radius 3 is 2.35 bits per heavy atom. The Bertz CT molecular complexity index is 606. The van der Waals surface area contributed by atoms with Gasteiger partial charge in [-0.3, -0.25) is 10.1 Å². The molecule has 5 nitrogen and oxygen atoms in total. The number of carbonyl (C=O) groups excluding carboxylic acids is 1. The van der Waals surface area contributed by atoms with Gasteiger partial charge in [-0.2, -0.15) is 0 Å². The van der Waals surface area contributed by atoms with E-state index in [0.29, 0.717) is 5.39 Å². The normalized spacial score (nSPS) is 10.2. The molecule has 0 aliphatic carbocycles. The molecule has 5 heteroatoms. The lowest BCUT2D eigenvalue weighted by Crippen LogP contribution is -2.05. The minimum atomic E-state index is -0.706. The number of esters is 1. The molecule has 0 aliphatic rings. The van der Waals surface area contributed by atoms with Gasteiger partial charge in [-0.25, -0.2) is 4.79 Å². The number of hydrogen-bond acceptors (Lipinski definition) is 4. The second kappa shape index (κ2) is 4.21. The van der Waals surface area contributed by atoms with Crippen LogP contribution in [0.15, 0.2) is 36.4 Å². The van der Waals surface area contributed by atoms with Gasteiger partial charge in [-0.05, 0) is 16.8 Å². The van der Waals surface area contributed by atoms with Crippen LogP contribution >= 0.6 is 0 Å². The predicted octanol–water partition coefficient (Wildman–Crippen LogP) is 2.53. The summed E-state index contributed by atoms with van der Waals surface area (Å²) < 4.78 is 4.53. The van der Waals surface area contributed by atoms with E-state index in [1.807, 2.05) is 0 Å². The van der Waals surface area contributed by atoms with Gasteiger partial charge in [0, 0.05) is 6.07 Å². The van der Waals surface area contributed by atoms with Crippen LogP contribution in [-0.4, -0.2) is 18.0 Å². The molecular formula is C12H9NO4. The van der Waals surface area contributed by atoms with E-state index in [9.17, 15) is 14.9 Å². The summed E-state index contributed by atoms with van der Waals surface area (Å²) in [5, 5.41) is 12.4. The topological polar surface area (TPSA) is 69.4 Å². The smallest absolute Gasteiger partial charge is 0.344 e. The summed E-state index contributed by atoms with van der Waals surface area (Å²) in [6.45, 7) is 0. The van der Waals surface area contributed by atoms with Gasteiger partial charge in [-0.1, -0.05) is 24.3 Å². The lowest BCUT2D eigenvalue weighted by molar-refractivity contribution is -0.385. The van der Waals surface area contributed by atoms with Gasteiger partial charge in [0.05, 0.1) is 12.0 Å². The lowest BCUT2D eigenvalue weighted by atomic mass is 10.1. The molecule has 0 amide bonds. The summed E-state index contributed by atoms with van der Waals surface area (Å²) in [5.41, 5.74) is -0.272. The second-order valence-electron chi connectivity index (χ2n) is 3.47. The molecule has 2 rings (SSSR count). The zero-order valence-corrected chi connectivity index (χ0v) is 9.04. The highest BCUT2D eigenvalue weighted by atomic mass is 16.6. The van der Waals surface area contributed by atoms with Crippen molar-refractivity contribution >= 4 is 22.4 Å². The van der Waals surface area contributed by atoms with Crippen molar-refractivity contribution in [3.05, 3.63) is 52.1 Å². The minimum Gasteiger partial charge on any atom is -0.465 e. The molecule has 0 fully saturated rings. The fourth-order valence-corrected chi connectivity index (χ4v) is 1.65. The van der Waals surface area contributed by atoms with Crippen LogP contribution < -0.4 is 0 Å². The first-order valence-electron chi connectivity index (χ1n) is 4.89. The highest BCUT2D eigenvalue weighted by molar-refractivity contribution is 6.00. The molecule has 17 heavy (non-hydrogen) atoms. The molecule has 2 aromatic carbocycles. The fourth-order valence-electron chi connectivity index (χ4n) is 1.65. The van der Waals surface area contributed by atoms with Crippen LogP contribution in [0.4, 0.5) is 5.69 Å². The highest BCUT2D eigenvalue weighted by Crippen LogP contribution is 2.26. The van der Waals surface area contributed by atoms with Crippen LogP contribution in [0.25, 0.3) is 10.8 Å². The predicted molar refractivity (Wildman–Crippen MR) is 61.9 cm³/mol. The Labute approximate surface area is 96.8 Å². The largest absolute Gasteiger partial charge is 0.465 e. The average Bonchev–Trinajstić information content (AvgIpc) is 2.36. The minimum absolute atomic E-state index is 0.0313. The lowest BCUT2D eigenvalue weighted by Gasteiger charge is -2.03. The third kappa shape index (κ3) is 1.94. The molecule has 0 spiro atoms. The van der Waals surface area contributed by atoms with Gasteiger partial charge < -0.3 is 4.74 Å². The van der Waals surface area contributed by atoms with Crippen LogP contribution in [0.3, 0.4) is 0 Å². The number of fused-ring (bicyclic) bond motifs is 1. The van der Waals surface area contributed by atoms with Crippen molar-refractivity contribution in [3.8, 4) is 0 Å². The number of rotatable bonds is 2. The van der Waals surface area contributed by atoms with Crippen molar-refractivity contribution in [2.75, 3.05) is 7.11 Å². The monoisotopic (exact) mass is 231 g/mol. The molecule has 0 heterocycles. The number of hydrogen-bond donors (Lipinski definition) is 0. The molecule has 0 aromatic heterocycles. The number of ether oxygens (including phenoxy) is 1. The number of nitro benzene ring substituents is 1. The van der Waals surface area contributed by atoms with Gasteiger partial charge in [-0.15, -0.1) is 0 Å². The van der Waals surface area contributed by atoms with Crippen LogP contribution in [0.5, 0.6) is 0 Å². The maximum absolute atomic E-state index is 11.5. The highest BCUT2D eigenvalue weighted by Gasteiger charge is 2.21. The molecule has 0 aliphatic heterocycles. The first kappa shape index (κ1) is 11.1. The van der Waals surface area contributed by atoms with Crippen molar-refractivity contribution in [3.63, 3.8) is 0 Å². The van der Waals surface area contributed by atoms with E-state index in [2.05, 4.69) is 4.74 Å². The number of nitrogens with zero attached hydrogens (tertiary/aromatic N) is 1. The van der Waals surface area contributed by atoms with E-state index in [4.69, 9.17) is 0 Å². The number of methoxy groups -OCH3 is 1. The molecular weight excluding hydrogens is 222 g/mol. The van der Waals surface area contributed by atoms with Crippen LogP contribution in [0.1, 0.15) is 10.4 Å². The summed E-state index contributed by atoms with van der Waals surface area (Å²) >= 11 is 0. The van der Waals surface area contributed by atoms with Gasteiger partial charge in [0.15, 0.2) is 0 Å². The Morgan fingerprint density at radius 1 is 1.24 bits per heavy atom. The SMILES string of the molecule is COC(=O)c1cc2ccccc2cc1[N+](=O)[O-]. The van der Waals surface area contributed by atoms with E-state index in [0.717, 1.165) is 5.39 Å². The quantitative estimate of drug-likeness (QED) is 0.452. The maximum atomic E-state index is 11.5. The van der Waals surface area contributed by atoms with Crippen LogP contribution in [0.2, 0.25) is 0 Å². The fraction of sp³-hybridized carbons (Fsp3) is 0.0833. The number of carbonyl (C=O) groups is 1. The van der Waals surface area contributed by atoms with Crippen molar-refractivity contribution < 1.29 is 14.5 Å². The van der Waals surface area contributed by atoms with E-state index in [-0.39, 0.29) is 11.3 Å². The molecule has 86 valence electrons. The van der Waals surface area contributed by atoms with Gasteiger partial charge in [0.2, 0.25) is 0 Å². The Morgan fingerprint density at radius 2 is 1.82 bits per heavy atom. The Hall–Kier alpha value is -2.43. The Balaban J connectivity index is 2.75. The summed E-state index contributed by atoms with van der Waals surface area (Å²) in [4.78, 5) is 21.8. The molecule has 2 aromatic rings. The molecule has 0 unspecified atom stereocenters. The molecule has 0 N–H and O–H groups in total. The zero-order valence-electron chi connectivity index (χ0n) is 9.04. The first-order valence-corrected chi connectivity index (χ1v) is 4.89. The van der Waals surface area contributed by atoms with Gasteiger partial charge in [0.1, 0.15) is 5.56 Å². The average molecular weight is 231 g/mol. The van der Waals surface area contributed by atoms with Crippen LogP contribution in [-0.2, 0) is 4.74 Å². The number of benzene rings is 2. The van der Waals surface area contributed by atoms with Gasteiger partial charge >= 0.3 is 5.97 Å². The summed E-state index contributed by atoms with van der Waals surface area (Å²) in [6, 6.07) is 9.97. The third-order valence-corrected chi connectivity index (χ3v) is 2.47. The van der Waals surface area contributed by atoms with E-state index in [1.165, 1.54) is 19.2 Å². The standard InChI is InChI=1S/C12H9NO4/c1-17-12(14)10-6-8-4-2-3-5-9(8)7-11(10)13(15)16/h2-7H,1H3. The molecule has 0 saturated heterocycles. The zero-order chi connectivity index (χ0) is 12.4. The summed E-state index contributed by atoms with van der Waals surface area (Å²) in [6.07, 6.45) is 0. The van der Waals surface area contributed by atoms with E-state index in [1.54, 1.807) is 24.3 Å². The summed E-state index contributed by atoms with van der Waals surface area (Å²) in [7, 11) is 1.20. The third-order valence-electron chi connectivity index (χ3n) is 2.47. The molecule has 0 bridgehead atoms. The van der Waals surface area contributed by atoms with Crippen LogP contribution in [0, 0.1) is 10.1 Å².